The SMILES string of the molecule is COc1cc([C@@H]2c3cc4c(cc3[C@@H](O[C@H]3O[C@H]5CO[C@H](c6cccs6)O[C@@H]5[C@@H](O)[C@H]3O)[C@H]3COC(=O)[C@H]23)OCO4)cc(OC)c1O. The number of ether oxygens (including phenoxy) is 9. The van der Waals surface area contributed by atoms with E-state index in [2.05, 4.69) is 0 Å². The lowest BCUT2D eigenvalue weighted by Gasteiger charge is -2.48. The number of fused-ring (bicyclic) bond motifs is 4. The number of hydrogen-bond donors (Lipinski definition) is 3. The van der Waals surface area contributed by atoms with Gasteiger partial charge in [0.1, 0.15) is 24.4 Å². The molecule has 0 spiro atoms. The summed E-state index contributed by atoms with van der Waals surface area (Å²) in [7, 11) is 2.86. The van der Waals surface area contributed by atoms with Crippen LogP contribution in [0.25, 0.3) is 0 Å². The standard InChI is InChI=1S/C32H32O13S/c1-37-19-6-13(7-20(38-2)25(19)33)23-14-8-17-18(42-12-41-17)9-15(14)28(16-10-39-30(36)24(16)23)44-32-27(35)26(34)29-21(43-32)11-40-31(45-29)22-4-3-5-46-22/h3-9,16,21,23-24,26-29,31-35H,10-12H2,1-2H3/t16-,21-,23+,24-,26-,27+,28+,29-,31-,32+/m0/s1. The van der Waals surface area contributed by atoms with Crippen LogP contribution in [0.3, 0.4) is 0 Å². The number of aliphatic hydroxyl groups excluding tert-OH is 2. The summed E-state index contributed by atoms with van der Waals surface area (Å²) in [6.07, 6.45) is -7.16. The zero-order chi connectivity index (χ0) is 31.7. The molecule has 5 heterocycles. The molecule has 5 aliphatic rings. The highest BCUT2D eigenvalue weighted by Gasteiger charge is 2.56. The molecular weight excluding hydrogens is 624 g/mol. The molecule has 1 aromatic heterocycles. The number of methoxy groups -OCH3 is 2. The van der Waals surface area contributed by atoms with Crippen molar-refractivity contribution in [2.75, 3.05) is 34.2 Å². The van der Waals surface area contributed by atoms with Crippen LogP contribution in [0, 0.1) is 11.8 Å². The van der Waals surface area contributed by atoms with Gasteiger partial charge in [0.2, 0.25) is 12.5 Å². The van der Waals surface area contributed by atoms with Gasteiger partial charge >= 0.3 is 5.97 Å². The highest BCUT2D eigenvalue weighted by molar-refractivity contribution is 7.10. The number of benzene rings is 2. The van der Waals surface area contributed by atoms with Gasteiger partial charge in [-0.1, -0.05) is 6.07 Å². The fourth-order valence-corrected chi connectivity index (χ4v) is 7.89. The first-order valence-electron chi connectivity index (χ1n) is 14.9. The number of carbonyl (C=O) groups excluding carboxylic acids is 1. The molecule has 10 atom stereocenters. The molecule has 4 aliphatic heterocycles. The molecule has 0 radical (unpaired) electrons. The Bertz CT molecular complexity index is 1600. The van der Waals surface area contributed by atoms with Crippen molar-refractivity contribution >= 4 is 17.3 Å². The van der Waals surface area contributed by atoms with Crippen LogP contribution in [0.2, 0.25) is 0 Å². The molecule has 0 unspecified atom stereocenters. The molecule has 1 aliphatic carbocycles. The van der Waals surface area contributed by atoms with Gasteiger partial charge in [-0.05, 0) is 52.4 Å². The molecule has 0 saturated carbocycles. The third-order valence-electron chi connectivity index (χ3n) is 9.37. The minimum atomic E-state index is -1.47. The first-order valence-corrected chi connectivity index (χ1v) is 15.8. The molecule has 8 rings (SSSR count). The molecule has 0 amide bonds. The Morgan fingerprint density at radius 1 is 0.913 bits per heavy atom. The van der Waals surface area contributed by atoms with E-state index in [1.165, 1.54) is 25.6 Å². The Labute approximate surface area is 267 Å². The second-order valence-electron chi connectivity index (χ2n) is 11.8. The van der Waals surface area contributed by atoms with Crippen LogP contribution >= 0.6 is 11.3 Å². The summed E-state index contributed by atoms with van der Waals surface area (Å²) in [4.78, 5) is 14.3. The van der Waals surface area contributed by atoms with Gasteiger partial charge in [-0.2, -0.15) is 0 Å². The molecule has 13 nitrogen and oxygen atoms in total. The maximum atomic E-state index is 13.5. The second kappa shape index (κ2) is 11.6. The third-order valence-corrected chi connectivity index (χ3v) is 10.3. The monoisotopic (exact) mass is 656 g/mol. The Morgan fingerprint density at radius 2 is 1.65 bits per heavy atom. The Balaban J connectivity index is 1.16. The lowest BCUT2D eigenvalue weighted by Crippen LogP contribution is -2.62. The van der Waals surface area contributed by atoms with Crippen LogP contribution in [-0.4, -0.2) is 86.2 Å². The number of aliphatic hydroxyl groups is 2. The fraction of sp³-hybridized carbons (Fsp3) is 0.469. The first kappa shape index (κ1) is 29.8. The maximum absolute atomic E-state index is 13.5. The number of rotatable bonds is 6. The molecule has 2 aromatic carbocycles. The van der Waals surface area contributed by atoms with Gasteiger partial charge in [-0.25, -0.2) is 0 Å². The van der Waals surface area contributed by atoms with Crippen molar-refractivity contribution in [1.82, 2.24) is 0 Å². The summed E-state index contributed by atoms with van der Waals surface area (Å²) < 4.78 is 52.6. The van der Waals surface area contributed by atoms with E-state index in [1.807, 2.05) is 23.6 Å². The molecule has 3 saturated heterocycles. The summed E-state index contributed by atoms with van der Waals surface area (Å²) in [5, 5.41) is 35.0. The fourth-order valence-electron chi connectivity index (χ4n) is 7.18. The minimum Gasteiger partial charge on any atom is -0.502 e. The van der Waals surface area contributed by atoms with Crippen LogP contribution in [0.15, 0.2) is 41.8 Å². The largest absolute Gasteiger partial charge is 0.502 e. The molecule has 0 bridgehead atoms. The lowest BCUT2D eigenvalue weighted by molar-refractivity contribution is -0.368. The van der Waals surface area contributed by atoms with Gasteiger partial charge in [-0.15, -0.1) is 11.3 Å². The van der Waals surface area contributed by atoms with Crippen molar-refractivity contribution < 1.29 is 62.7 Å². The lowest BCUT2D eigenvalue weighted by atomic mass is 9.66. The zero-order valence-corrected chi connectivity index (χ0v) is 25.6. The number of phenols is 1. The van der Waals surface area contributed by atoms with Crippen LogP contribution in [0.1, 0.15) is 39.9 Å². The predicted octanol–water partition coefficient (Wildman–Crippen LogP) is 2.75. The Morgan fingerprint density at radius 3 is 2.35 bits per heavy atom. The third kappa shape index (κ3) is 4.70. The van der Waals surface area contributed by atoms with Crippen molar-refractivity contribution in [2.45, 2.75) is 49.0 Å². The number of thiophene rings is 1. The van der Waals surface area contributed by atoms with Crippen molar-refractivity contribution in [3.8, 4) is 28.7 Å². The van der Waals surface area contributed by atoms with Crippen LogP contribution < -0.4 is 18.9 Å². The van der Waals surface area contributed by atoms with Gasteiger partial charge in [-0.3, -0.25) is 4.79 Å². The second-order valence-corrected chi connectivity index (χ2v) is 12.7. The van der Waals surface area contributed by atoms with E-state index in [0.29, 0.717) is 28.2 Å². The van der Waals surface area contributed by atoms with Gasteiger partial charge in [0.05, 0.1) is 44.3 Å². The number of esters is 1. The van der Waals surface area contributed by atoms with Crippen molar-refractivity contribution in [2.24, 2.45) is 11.8 Å². The maximum Gasteiger partial charge on any atom is 0.310 e. The Kier molecular flexibility index (Phi) is 7.48. The number of aromatic hydroxyl groups is 1. The van der Waals surface area contributed by atoms with E-state index in [9.17, 15) is 20.1 Å². The van der Waals surface area contributed by atoms with Crippen molar-refractivity contribution in [3.05, 3.63) is 63.3 Å². The summed E-state index contributed by atoms with van der Waals surface area (Å²) in [6.45, 7) is 0.171. The normalized spacial score (nSPS) is 34.3. The van der Waals surface area contributed by atoms with Gasteiger partial charge < -0.3 is 58.0 Å². The van der Waals surface area contributed by atoms with E-state index in [-0.39, 0.29) is 37.3 Å². The molecule has 244 valence electrons. The predicted molar refractivity (Wildman–Crippen MR) is 156 cm³/mol. The van der Waals surface area contributed by atoms with Gasteiger partial charge in [0, 0.05) is 11.8 Å². The summed E-state index contributed by atoms with van der Waals surface area (Å²) in [6, 6.07) is 10.7. The van der Waals surface area contributed by atoms with E-state index in [4.69, 9.17) is 42.6 Å². The van der Waals surface area contributed by atoms with E-state index in [0.717, 1.165) is 4.88 Å². The van der Waals surface area contributed by atoms with Crippen LogP contribution in [-0.2, 0) is 28.5 Å². The average molecular weight is 657 g/mol. The highest BCUT2D eigenvalue weighted by atomic mass is 32.1. The Hall–Kier alpha value is -3.63. The van der Waals surface area contributed by atoms with Gasteiger partial charge in [0.25, 0.3) is 0 Å². The summed E-state index contributed by atoms with van der Waals surface area (Å²) in [5.74, 6) is -1.08. The number of carbonyl (C=O) groups is 1. The number of cyclic esters (lactones) is 1. The zero-order valence-electron chi connectivity index (χ0n) is 24.8. The molecule has 14 heteroatoms. The first-order chi connectivity index (χ1) is 22.4. The molecular formula is C32H32O13S. The van der Waals surface area contributed by atoms with E-state index >= 15 is 0 Å². The molecule has 46 heavy (non-hydrogen) atoms. The quantitative estimate of drug-likeness (QED) is 0.333. The number of phenolic OH excluding ortho intramolecular Hbond substituents is 1. The topological polar surface area (TPSA) is 161 Å². The highest BCUT2D eigenvalue weighted by Crippen LogP contribution is 2.57. The van der Waals surface area contributed by atoms with Crippen molar-refractivity contribution in [3.63, 3.8) is 0 Å². The summed E-state index contributed by atoms with van der Waals surface area (Å²) >= 11 is 1.46. The van der Waals surface area contributed by atoms with E-state index < -0.39 is 66.8 Å². The molecule has 3 aromatic rings. The van der Waals surface area contributed by atoms with E-state index in [1.54, 1.807) is 18.2 Å². The molecule has 3 N–H and O–H groups in total. The average Bonchev–Trinajstić information content (AvgIpc) is 3.85. The van der Waals surface area contributed by atoms with Crippen LogP contribution in [0.4, 0.5) is 0 Å². The van der Waals surface area contributed by atoms with Crippen LogP contribution in [0.5, 0.6) is 28.7 Å². The molecule has 3 fully saturated rings. The van der Waals surface area contributed by atoms with Crippen molar-refractivity contribution in [1.29, 1.82) is 0 Å². The van der Waals surface area contributed by atoms with Gasteiger partial charge in [0.15, 0.2) is 35.6 Å². The number of hydrogen-bond acceptors (Lipinski definition) is 14. The minimum absolute atomic E-state index is 0.0242. The smallest absolute Gasteiger partial charge is 0.310 e. The summed E-state index contributed by atoms with van der Waals surface area (Å²) in [5.41, 5.74) is 2.00.